The minimum atomic E-state index is -0.696. The van der Waals surface area contributed by atoms with Crippen LogP contribution in [-0.2, 0) is 5.41 Å². The molecule has 0 heterocycles. The Balaban J connectivity index is 1.70. The molecule has 0 unspecified atom stereocenters. The number of thiocarbonyl (C=S) groups is 1. The molecule has 1 saturated carbocycles. The lowest BCUT2D eigenvalue weighted by molar-refractivity contribution is 0.434. The molecule has 0 radical (unpaired) electrons. The molecule has 2 N–H and O–H groups in total. The third-order valence-corrected chi connectivity index (χ3v) is 5.05. The van der Waals surface area contributed by atoms with Gasteiger partial charge in [-0.2, -0.15) is 0 Å². The fraction of sp³-hybridized carbons (Fsp3) is 0.316. The van der Waals surface area contributed by atoms with Gasteiger partial charge < -0.3 is 10.6 Å². The van der Waals surface area contributed by atoms with Crippen LogP contribution in [-0.4, -0.2) is 11.7 Å². The van der Waals surface area contributed by atoms with Crippen LogP contribution in [0.25, 0.3) is 0 Å². The zero-order valence-electron chi connectivity index (χ0n) is 13.6. The van der Waals surface area contributed by atoms with Crippen LogP contribution in [0.15, 0.2) is 42.5 Å². The van der Waals surface area contributed by atoms with Crippen LogP contribution in [0.4, 0.5) is 18.9 Å². The van der Waals surface area contributed by atoms with E-state index in [-0.39, 0.29) is 22.0 Å². The Labute approximate surface area is 150 Å². The number of anilines is 1. The summed E-state index contributed by atoms with van der Waals surface area (Å²) in [4.78, 5) is 0. The molecule has 0 aliphatic heterocycles. The van der Waals surface area contributed by atoms with E-state index in [1.165, 1.54) is 30.3 Å². The highest BCUT2D eigenvalue weighted by molar-refractivity contribution is 7.80. The number of hydrogen-bond donors (Lipinski definition) is 2. The predicted molar refractivity (Wildman–Crippen MR) is 97.1 cm³/mol. The van der Waals surface area contributed by atoms with Gasteiger partial charge in [-0.15, -0.1) is 0 Å². The fourth-order valence-electron chi connectivity index (χ4n) is 3.45. The molecule has 0 spiro atoms. The van der Waals surface area contributed by atoms with Crippen LogP contribution in [0.3, 0.4) is 0 Å². The molecule has 132 valence electrons. The van der Waals surface area contributed by atoms with Crippen molar-refractivity contribution >= 4 is 23.0 Å². The summed E-state index contributed by atoms with van der Waals surface area (Å²) in [5.74, 6) is -1.66. The molecule has 0 aromatic heterocycles. The third kappa shape index (κ3) is 3.95. The fourth-order valence-corrected chi connectivity index (χ4v) is 3.62. The Morgan fingerprint density at radius 1 is 0.960 bits per heavy atom. The second kappa shape index (κ2) is 7.44. The summed E-state index contributed by atoms with van der Waals surface area (Å²) >= 11 is 5.19. The minimum Gasteiger partial charge on any atom is -0.362 e. The van der Waals surface area contributed by atoms with E-state index < -0.39 is 11.6 Å². The van der Waals surface area contributed by atoms with Gasteiger partial charge >= 0.3 is 0 Å². The third-order valence-electron chi connectivity index (χ3n) is 4.81. The topological polar surface area (TPSA) is 24.1 Å². The summed E-state index contributed by atoms with van der Waals surface area (Å²) < 4.78 is 40.6. The molecule has 2 aromatic carbocycles. The van der Waals surface area contributed by atoms with Crippen molar-refractivity contribution < 1.29 is 13.2 Å². The second-order valence-electron chi connectivity index (χ2n) is 6.40. The number of nitrogens with one attached hydrogen (secondary N) is 2. The van der Waals surface area contributed by atoms with E-state index in [0.717, 1.165) is 31.2 Å². The van der Waals surface area contributed by atoms with Gasteiger partial charge in [0.2, 0.25) is 0 Å². The molecular formula is C19H19F3N2S. The van der Waals surface area contributed by atoms with E-state index in [9.17, 15) is 13.2 Å². The summed E-state index contributed by atoms with van der Waals surface area (Å²) in [6.07, 6.45) is 4.09. The number of hydrogen-bond acceptors (Lipinski definition) is 1. The van der Waals surface area contributed by atoms with Crippen LogP contribution in [0, 0.1) is 17.5 Å². The SMILES string of the molecule is Fc1ccc(C2(CNC(=S)Nc3c(F)cccc3F)CCCC2)cc1. The van der Waals surface area contributed by atoms with Gasteiger partial charge in [0.15, 0.2) is 5.11 Å². The lowest BCUT2D eigenvalue weighted by Gasteiger charge is -2.30. The van der Waals surface area contributed by atoms with E-state index in [4.69, 9.17) is 12.2 Å². The first-order chi connectivity index (χ1) is 12.0. The molecule has 2 nitrogen and oxygen atoms in total. The summed E-state index contributed by atoms with van der Waals surface area (Å²) in [6.45, 7) is 0.528. The van der Waals surface area contributed by atoms with E-state index in [0.29, 0.717) is 6.54 Å². The molecule has 3 rings (SSSR count). The van der Waals surface area contributed by atoms with Crippen LogP contribution in [0.1, 0.15) is 31.2 Å². The molecule has 0 saturated heterocycles. The molecule has 25 heavy (non-hydrogen) atoms. The van der Waals surface area contributed by atoms with Gasteiger partial charge in [-0.3, -0.25) is 0 Å². The summed E-state index contributed by atoms with van der Waals surface area (Å²) in [5, 5.41) is 5.83. The number of rotatable bonds is 4. The Kier molecular flexibility index (Phi) is 5.27. The maximum atomic E-state index is 13.7. The van der Waals surface area contributed by atoms with Crippen LogP contribution in [0.5, 0.6) is 0 Å². The van der Waals surface area contributed by atoms with Crippen molar-refractivity contribution in [1.82, 2.24) is 5.32 Å². The molecule has 0 amide bonds. The van der Waals surface area contributed by atoms with E-state index in [2.05, 4.69) is 10.6 Å². The van der Waals surface area contributed by atoms with Crippen LogP contribution >= 0.6 is 12.2 Å². The average Bonchev–Trinajstić information content (AvgIpc) is 3.07. The van der Waals surface area contributed by atoms with Crippen molar-refractivity contribution in [2.45, 2.75) is 31.1 Å². The highest BCUT2D eigenvalue weighted by Crippen LogP contribution is 2.40. The van der Waals surface area contributed by atoms with Gasteiger partial charge in [-0.1, -0.05) is 31.0 Å². The number of benzene rings is 2. The molecule has 1 aliphatic rings. The van der Waals surface area contributed by atoms with Crippen molar-refractivity contribution in [3.63, 3.8) is 0 Å². The van der Waals surface area contributed by atoms with E-state index in [1.54, 1.807) is 12.1 Å². The lowest BCUT2D eigenvalue weighted by atomic mass is 9.79. The Morgan fingerprint density at radius 3 is 2.16 bits per heavy atom. The molecule has 1 aliphatic carbocycles. The molecule has 6 heteroatoms. The quantitative estimate of drug-likeness (QED) is 0.755. The normalized spacial score (nSPS) is 15.8. The highest BCUT2D eigenvalue weighted by atomic mass is 32.1. The van der Waals surface area contributed by atoms with Gasteiger partial charge in [0.25, 0.3) is 0 Å². The molecule has 2 aromatic rings. The maximum Gasteiger partial charge on any atom is 0.170 e. The van der Waals surface area contributed by atoms with Gasteiger partial charge in [0, 0.05) is 12.0 Å². The Morgan fingerprint density at radius 2 is 1.56 bits per heavy atom. The summed E-state index contributed by atoms with van der Waals surface area (Å²) in [7, 11) is 0. The van der Waals surface area contributed by atoms with Crippen molar-refractivity contribution in [3.05, 3.63) is 65.5 Å². The summed E-state index contributed by atoms with van der Waals surface area (Å²) in [5.41, 5.74) is 0.647. The first kappa shape index (κ1) is 17.7. The number of para-hydroxylation sites is 1. The van der Waals surface area contributed by atoms with Gasteiger partial charge in [-0.05, 0) is 54.9 Å². The second-order valence-corrected chi connectivity index (χ2v) is 6.81. The largest absolute Gasteiger partial charge is 0.362 e. The molecule has 0 bridgehead atoms. The molecule has 0 atom stereocenters. The van der Waals surface area contributed by atoms with Crippen LogP contribution < -0.4 is 10.6 Å². The standard InChI is InChI=1S/C19H19F3N2S/c20-14-8-6-13(7-9-14)19(10-1-2-11-19)12-23-18(25)24-17-15(21)4-3-5-16(17)22/h3-9H,1-2,10-12H2,(H2,23,24,25). The Bertz CT molecular complexity index is 736. The summed E-state index contributed by atoms with van der Waals surface area (Å²) in [6, 6.07) is 10.2. The maximum absolute atomic E-state index is 13.7. The molecular weight excluding hydrogens is 345 g/mol. The Hall–Kier alpha value is -2.08. The van der Waals surface area contributed by atoms with Crippen molar-refractivity contribution in [1.29, 1.82) is 0 Å². The van der Waals surface area contributed by atoms with Crippen LogP contribution in [0.2, 0.25) is 0 Å². The van der Waals surface area contributed by atoms with Crippen molar-refractivity contribution in [3.8, 4) is 0 Å². The zero-order chi connectivity index (χ0) is 17.9. The predicted octanol–water partition coefficient (Wildman–Crippen LogP) is 4.90. The minimum absolute atomic E-state index is 0.146. The lowest BCUT2D eigenvalue weighted by Crippen LogP contribution is -2.41. The van der Waals surface area contributed by atoms with Gasteiger partial charge in [-0.25, -0.2) is 13.2 Å². The average molecular weight is 364 g/mol. The smallest absolute Gasteiger partial charge is 0.170 e. The van der Waals surface area contributed by atoms with E-state index >= 15 is 0 Å². The first-order valence-electron chi connectivity index (χ1n) is 8.25. The highest BCUT2D eigenvalue weighted by Gasteiger charge is 2.35. The van der Waals surface area contributed by atoms with Gasteiger partial charge in [0.05, 0.1) is 0 Å². The van der Waals surface area contributed by atoms with Gasteiger partial charge in [0.1, 0.15) is 23.1 Å². The van der Waals surface area contributed by atoms with Crippen molar-refractivity contribution in [2.75, 3.05) is 11.9 Å². The zero-order valence-corrected chi connectivity index (χ0v) is 14.4. The number of halogens is 3. The molecule has 1 fully saturated rings. The van der Waals surface area contributed by atoms with Crippen molar-refractivity contribution in [2.24, 2.45) is 0 Å². The first-order valence-corrected chi connectivity index (χ1v) is 8.66. The monoisotopic (exact) mass is 364 g/mol. The van der Waals surface area contributed by atoms with E-state index in [1.807, 2.05) is 0 Å².